The summed E-state index contributed by atoms with van der Waals surface area (Å²) in [5, 5.41) is 10.8. The lowest BCUT2D eigenvalue weighted by Crippen LogP contribution is -2.61. The molecule has 1 aromatic rings. The molecule has 0 N–H and O–H groups in total. The van der Waals surface area contributed by atoms with Gasteiger partial charge in [-0.2, -0.15) is 0 Å². The molecule has 0 aliphatic carbocycles. The minimum atomic E-state index is -0.896. The number of rotatable bonds is 3. The van der Waals surface area contributed by atoms with Crippen LogP contribution < -0.4 is 4.74 Å². The van der Waals surface area contributed by atoms with Crippen molar-refractivity contribution in [1.82, 2.24) is 9.80 Å². The zero-order valence-corrected chi connectivity index (χ0v) is 16.9. The van der Waals surface area contributed by atoms with E-state index in [-0.39, 0.29) is 35.7 Å². The van der Waals surface area contributed by atoms with E-state index in [2.05, 4.69) is 0 Å². The normalized spacial score (nSPS) is 32.8. The highest BCUT2D eigenvalue weighted by molar-refractivity contribution is 6.07. The number of nitro groups is 1. The largest absolute Gasteiger partial charge is 0.415 e. The Morgan fingerprint density at radius 1 is 1.30 bits per heavy atom. The summed E-state index contributed by atoms with van der Waals surface area (Å²) in [6.45, 7) is 6.12. The minimum Gasteiger partial charge on any atom is -0.410 e. The number of benzene rings is 1. The third-order valence-electron chi connectivity index (χ3n) is 6.15. The molecule has 10 nitrogen and oxygen atoms in total. The number of hydrogen-bond donors (Lipinski definition) is 0. The lowest BCUT2D eigenvalue weighted by molar-refractivity contribution is -0.384. The number of hydrogen-bond acceptors (Lipinski definition) is 7. The molecule has 3 aliphatic heterocycles. The molecule has 0 spiro atoms. The highest BCUT2D eigenvalue weighted by Gasteiger charge is 2.67. The molecule has 0 unspecified atom stereocenters. The molecule has 0 bridgehead atoms. The number of amides is 3. The fraction of sp³-hybridized carbons (Fsp3) is 0.550. The molecular weight excluding hydrogens is 394 g/mol. The topological polar surface area (TPSA) is 119 Å². The second-order valence-electron chi connectivity index (χ2n) is 8.32. The van der Waals surface area contributed by atoms with Gasteiger partial charge in [0.15, 0.2) is 6.10 Å². The van der Waals surface area contributed by atoms with Crippen molar-refractivity contribution in [2.75, 3.05) is 13.1 Å². The van der Waals surface area contributed by atoms with Crippen LogP contribution in [0.4, 0.5) is 10.5 Å². The zero-order chi connectivity index (χ0) is 21.8. The van der Waals surface area contributed by atoms with Crippen molar-refractivity contribution >= 4 is 23.6 Å². The lowest BCUT2D eigenvalue weighted by Gasteiger charge is -2.46. The molecule has 4 rings (SSSR count). The van der Waals surface area contributed by atoms with Crippen LogP contribution >= 0.6 is 0 Å². The maximum absolute atomic E-state index is 13.0. The maximum Gasteiger partial charge on any atom is 0.415 e. The summed E-state index contributed by atoms with van der Waals surface area (Å²) in [5.41, 5.74) is -0.956. The van der Waals surface area contributed by atoms with Crippen molar-refractivity contribution in [2.24, 2.45) is 11.8 Å². The molecule has 3 heterocycles. The van der Waals surface area contributed by atoms with Gasteiger partial charge in [-0.1, -0.05) is 6.92 Å². The van der Waals surface area contributed by atoms with Crippen LogP contribution in [0.5, 0.6) is 5.75 Å². The molecule has 3 amide bonds. The molecule has 10 heteroatoms. The van der Waals surface area contributed by atoms with Gasteiger partial charge >= 0.3 is 6.09 Å². The number of ether oxygens (including phenoxy) is 2. The standard InChI is InChI=1S/C20H23N3O7/c1-4-21-17(24)14-15(18(21)25)30-20(3)9-11(2)10-22(16(14)20)19(26)29-13-7-5-12(6-8-13)23(27)28/h5-8,11,14-16H,4,9-10H2,1-3H3/t11-,14-,15-,16-,20-/m0/s1. The first-order valence-corrected chi connectivity index (χ1v) is 9.92. The van der Waals surface area contributed by atoms with Gasteiger partial charge in [0.05, 0.1) is 22.5 Å². The first-order chi connectivity index (χ1) is 14.2. The summed E-state index contributed by atoms with van der Waals surface area (Å²) >= 11 is 0. The van der Waals surface area contributed by atoms with Crippen LogP contribution in [0, 0.1) is 22.0 Å². The van der Waals surface area contributed by atoms with Crippen molar-refractivity contribution < 1.29 is 28.8 Å². The van der Waals surface area contributed by atoms with Crippen molar-refractivity contribution in [3.63, 3.8) is 0 Å². The van der Waals surface area contributed by atoms with Gasteiger partial charge in [-0.15, -0.1) is 0 Å². The first-order valence-electron chi connectivity index (χ1n) is 9.92. The molecule has 1 aromatic carbocycles. The summed E-state index contributed by atoms with van der Waals surface area (Å²) in [5.74, 6) is -1.23. The van der Waals surface area contributed by atoms with Crippen LogP contribution in [-0.2, 0) is 14.3 Å². The van der Waals surface area contributed by atoms with Gasteiger partial charge < -0.3 is 14.4 Å². The molecule has 3 fully saturated rings. The van der Waals surface area contributed by atoms with Crippen LogP contribution in [0.15, 0.2) is 24.3 Å². The number of nitro benzene ring substituents is 1. The molecule has 3 aliphatic rings. The highest BCUT2D eigenvalue weighted by atomic mass is 16.6. The quantitative estimate of drug-likeness (QED) is 0.419. The maximum atomic E-state index is 13.0. The van der Waals surface area contributed by atoms with E-state index in [4.69, 9.17) is 9.47 Å². The number of piperidine rings is 1. The Labute approximate surface area is 172 Å². The number of imide groups is 1. The fourth-order valence-electron chi connectivity index (χ4n) is 5.08. The molecule has 5 atom stereocenters. The van der Waals surface area contributed by atoms with E-state index in [0.29, 0.717) is 13.0 Å². The van der Waals surface area contributed by atoms with Crippen molar-refractivity contribution in [2.45, 2.75) is 44.9 Å². The number of likely N-dealkylation sites (tertiary alicyclic amines) is 2. The Bertz CT molecular complexity index is 917. The van der Waals surface area contributed by atoms with E-state index in [1.165, 1.54) is 34.1 Å². The minimum absolute atomic E-state index is 0.0713. The monoisotopic (exact) mass is 417 g/mol. The third kappa shape index (κ3) is 3.02. The summed E-state index contributed by atoms with van der Waals surface area (Å²) in [6.07, 6.45) is -0.961. The van der Waals surface area contributed by atoms with Gasteiger partial charge in [-0.3, -0.25) is 24.6 Å². The summed E-state index contributed by atoms with van der Waals surface area (Å²) in [4.78, 5) is 51.5. The van der Waals surface area contributed by atoms with Gasteiger partial charge in [-0.25, -0.2) is 4.79 Å². The predicted octanol–water partition coefficient (Wildman–Crippen LogP) is 1.97. The Hall–Kier alpha value is -3.01. The predicted molar refractivity (Wildman–Crippen MR) is 103 cm³/mol. The highest BCUT2D eigenvalue weighted by Crippen LogP contribution is 2.49. The Kier molecular flexibility index (Phi) is 4.76. The molecule has 0 aromatic heterocycles. The molecule has 30 heavy (non-hydrogen) atoms. The van der Waals surface area contributed by atoms with Gasteiger partial charge in [-0.05, 0) is 38.3 Å². The molecular formula is C20H23N3O7. The molecule has 0 radical (unpaired) electrons. The second kappa shape index (κ2) is 7.05. The molecule has 3 saturated heterocycles. The third-order valence-corrected chi connectivity index (χ3v) is 6.15. The van der Waals surface area contributed by atoms with E-state index in [9.17, 15) is 24.5 Å². The number of fused-ring (bicyclic) bond motifs is 3. The fourth-order valence-corrected chi connectivity index (χ4v) is 5.08. The summed E-state index contributed by atoms with van der Waals surface area (Å²) in [6, 6.07) is 4.56. The average Bonchev–Trinajstić information content (AvgIpc) is 3.11. The zero-order valence-electron chi connectivity index (χ0n) is 16.9. The number of carbonyl (C=O) groups is 3. The summed E-state index contributed by atoms with van der Waals surface area (Å²) in [7, 11) is 0. The van der Waals surface area contributed by atoms with Gasteiger partial charge in [0.2, 0.25) is 5.91 Å². The lowest BCUT2D eigenvalue weighted by atomic mass is 9.77. The van der Waals surface area contributed by atoms with Crippen LogP contribution in [0.1, 0.15) is 27.2 Å². The molecule has 0 saturated carbocycles. The van der Waals surface area contributed by atoms with E-state index in [0.717, 1.165) is 0 Å². The first kappa shape index (κ1) is 20.3. The Morgan fingerprint density at radius 2 is 1.97 bits per heavy atom. The van der Waals surface area contributed by atoms with Crippen molar-refractivity contribution in [1.29, 1.82) is 0 Å². The van der Waals surface area contributed by atoms with E-state index >= 15 is 0 Å². The van der Waals surface area contributed by atoms with Crippen LogP contribution in [0.25, 0.3) is 0 Å². The average molecular weight is 417 g/mol. The Balaban J connectivity index is 1.62. The van der Waals surface area contributed by atoms with E-state index in [1.54, 1.807) is 6.92 Å². The van der Waals surface area contributed by atoms with E-state index in [1.807, 2.05) is 13.8 Å². The number of carbonyl (C=O) groups excluding carboxylic acids is 3. The van der Waals surface area contributed by atoms with E-state index < -0.39 is 34.7 Å². The van der Waals surface area contributed by atoms with Crippen molar-refractivity contribution in [3.05, 3.63) is 34.4 Å². The van der Waals surface area contributed by atoms with Crippen LogP contribution in [0.2, 0.25) is 0 Å². The van der Waals surface area contributed by atoms with Gasteiger partial charge in [0, 0.05) is 25.2 Å². The van der Waals surface area contributed by atoms with Crippen LogP contribution in [-0.4, -0.2) is 63.5 Å². The smallest absolute Gasteiger partial charge is 0.410 e. The SMILES string of the molecule is CCN1C(=O)[C@H]2[C@H](O[C@@]3(C)C[C@H](C)CN(C(=O)Oc4ccc([N+](=O)[O-])cc4)[C@@H]23)C1=O. The van der Waals surface area contributed by atoms with Crippen LogP contribution in [0.3, 0.4) is 0 Å². The Morgan fingerprint density at radius 3 is 2.57 bits per heavy atom. The number of nitrogens with zero attached hydrogens (tertiary/aromatic N) is 3. The number of likely N-dealkylation sites (N-methyl/N-ethyl adjacent to an activating group) is 1. The molecule has 160 valence electrons. The second-order valence-corrected chi connectivity index (χ2v) is 8.32. The van der Waals surface area contributed by atoms with Gasteiger partial charge in [0.1, 0.15) is 5.75 Å². The summed E-state index contributed by atoms with van der Waals surface area (Å²) < 4.78 is 11.6. The number of non-ortho nitro benzene ring substituents is 1. The van der Waals surface area contributed by atoms with Gasteiger partial charge in [0.25, 0.3) is 11.6 Å². The van der Waals surface area contributed by atoms with Crippen molar-refractivity contribution in [3.8, 4) is 5.75 Å².